The van der Waals surface area contributed by atoms with Gasteiger partial charge in [0.15, 0.2) is 5.65 Å². The van der Waals surface area contributed by atoms with Crippen molar-refractivity contribution in [3.8, 4) is 0 Å². The van der Waals surface area contributed by atoms with Crippen LogP contribution in [0, 0.1) is 11.3 Å². The van der Waals surface area contributed by atoms with Gasteiger partial charge in [0.25, 0.3) is 0 Å². The molecule has 1 atom stereocenters. The summed E-state index contributed by atoms with van der Waals surface area (Å²) in [6.07, 6.45) is 6.00. The van der Waals surface area contributed by atoms with Crippen LogP contribution in [0.25, 0.3) is 5.65 Å². The van der Waals surface area contributed by atoms with E-state index < -0.39 is 0 Å². The highest BCUT2D eigenvalue weighted by Crippen LogP contribution is 2.37. The number of fused-ring (bicyclic) bond motifs is 1. The number of aliphatic hydroxyl groups excluding tert-OH is 1. The highest BCUT2D eigenvalue weighted by molar-refractivity contribution is 5.51. The molecule has 1 fully saturated rings. The van der Waals surface area contributed by atoms with Gasteiger partial charge in [0.1, 0.15) is 5.82 Å². The average Bonchev–Trinajstić information content (AvgIpc) is 3.01. The van der Waals surface area contributed by atoms with E-state index in [2.05, 4.69) is 41.8 Å². The maximum atomic E-state index is 10.1. The Balaban J connectivity index is 1.96. The minimum atomic E-state index is 0.00153. The summed E-state index contributed by atoms with van der Waals surface area (Å²) in [5.74, 6) is 1.70. The molecule has 1 aliphatic rings. The summed E-state index contributed by atoms with van der Waals surface area (Å²) in [5, 5.41) is 14.5. The Morgan fingerprint density at radius 3 is 2.91 bits per heavy atom. The number of aliphatic hydroxyl groups is 1. The monoisotopic (exact) mass is 316 g/mol. The van der Waals surface area contributed by atoms with Crippen molar-refractivity contribution in [2.45, 2.75) is 46.5 Å². The van der Waals surface area contributed by atoms with Gasteiger partial charge in [0.2, 0.25) is 0 Å². The predicted molar refractivity (Wildman–Crippen MR) is 92.8 cm³/mol. The highest BCUT2D eigenvalue weighted by Gasteiger charge is 2.36. The van der Waals surface area contributed by atoms with Crippen molar-refractivity contribution in [1.29, 1.82) is 0 Å². The quantitative estimate of drug-likeness (QED) is 0.921. The standard InChI is InChI=1S/C18H28N4O/c1-4-15-10-17(22-16(20-15)6-8-19-22)21-9-5-7-18(12-21,13-23)11-14(2)3/h6,8,10,14,23H,4-5,7,9,11-13H2,1-3H3/t18-/m1/s1. The molecule has 5 heteroatoms. The molecule has 5 nitrogen and oxygen atoms in total. The molecule has 23 heavy (non-hydrogen) atoms. The van der Waals surface area contributed by atoms with Gasteiger partial charge in [-0.2, -0.15) is 9.61 Å². The van der Waals surface area contributed by atoms with Crippen molar-refractivity contribution in [3.05, 3.63) is 24.0 Å². The Bertz CT molecular complexity index is 666. The van der Waals surface area contributed by atoms with Gasteiger partial charge in [0.05, 0.1) is 12.8 Å². The van der Waals surface area contributed by atoms with Crippen LogP contribution in [0.5, 0.6) is 0 Å². The first-order valence-electron chi connectivity index (χ1n) is 8.76. The van der Waals surface area contributed by atoms with Gasteiger partial charge in [-0.3, -0.25) is 0 Å². The van der Waals surface area contributed by atoms with Crippen LogP contribution in [0.15, 0.2) is 18.3 Å². The van der Waals surface area contributed by atoms with Crippen LogP contribution in [0.3, 0.4) is 0 Å². The molecule has 1 saturated heterocycles. The molecular formula is C18H28N4O. The molecule has 3 heterocycles. The van der Waals surface area contributed by atoms with E-state index >= 15 is 0 Å². The summed E-state index contributed by atoms with van der Waals surface area (Å²) in [5.41, 5.74) is 2.00. The van der Waals surface area contributed by atoms with Crippen LogP contribution < -0.4 is 4.90 Å². The SMILES string of the molecule is CCc1cc(N2CCC[C@@](CO)(CC(C)C)C2)n2nccc2n1. The molecule has 0 saturated carbocycles. The Morgan fingerprint density at radius 2 is 2.22 bits per heavy atom. The van der Waals surface area contributed by atoms with E-state index in [1.807, 2.05) is 16.8 Å². The van der Waals surface area contributed by atoms with Gasteiger partial charge in [-0.1, -0.05) is 20.8 Å². The third-order valence-electron chi connectivity index (χ3n) is 4.92. The Morgan fingerprint density at radius 1 is 1.39 bits per heavy atom. The lowest BCUT2D eigenvalue weighted by atomic mass is 9.74. The van der Waals surface area contributed by atoms with Gasteiger partial charge in [-0.05, 0) is 31.6 Å². The molecule has 1 aliphatic heterocycles. The Hall–Kier alpha value is -1.62. The van der Waals surface area contributed by atoms with Crippen molar-refractivity contribution < 1.29 is 5.11 Å². The fourth-order valence-electron chi connectivity index (χ4n) is 3.98. The van der Waals surface area contributed by atoms with Gasteiger partial charge >= 0.3 is 0 Å². The van der Waals surface area contributed by atoms with Crippen molar-refractivity contribution in [1.82, 2.24) is 14.6 Å². The van der Waals surface area contributed by atoms with E-state index in [0.29, 0.717) is 5.92 Å². The van der Waals surface area contributed by atoms with E-state index in [0.717, 1.165) is 55.9 Å². The largest absolute Gasteiger partial charge is 0.396 e. The first-order valence-corrected chi connectivity index (χ1v) is 8.76. The molecule has 0 aromatic carbocycles. The molecular weight excluding hydrogens is 288 g/mol. The second-order valence-electron chi connectivity index (χ2n) is 7.34. The van der Waals surface area contributed by atoms with Crippen LogP contribution in [0.4, 0.5) is 5.82 Å². The van der Waals surface area contributed by atoms with E-state index in [-0.39, 0.29) is 12.0 Å². The number of hydrogen-bond acceptors (Lipinski definition) is 4. The highest BCUT2D eigenvalue weighted by atomic mass is 16.3. The van der Waals surface area contributed by atoms with Gasteiger partial charge in [0, 0.05) is 36.3 Å². The second kappa shape index (κ2) is 6.48. The van der Waals surface area contributed by atoms with Crippen molar-refractivity contribution in [2.75, 3.05) is 24.6 Å². The first-order chi connectivity index (χ1) is 11.1. The van der Waals surface area contributed by atoms with E-state index in [9.17, 15) is 5.11 Å². The summed E-state index contributed by atoms with van der Waals surface area (Å²) in [6, 6.07) is 4.11. The minimum absolute atomic E-state index is 0.00153. The number of nitrogens with zero attached hydrogens (tertiary/aromatic N) is 4. The van der Waals surface area contributed by atoms with Gasteiger partial charge in [-0.25, -0.2) is 4.98 Å². The molecule has 0 aliphatic carbocycles. The van der Waals surface area contributed by atoms with Crippen LogP contribution in [0.2, 0.25) is 0 Å². The predicted octanol–water partition coefficient (Wildman–Crippen LogP) is 2.92. The van der Waals surface area contributed by atoms with E-state index in [4.69, 9.17) is 0 Å². The first kappa shape index (κ1) is 16.2. The van der Waals surface area contributed by atoms with Crippen molar-refractivity contribution in [2.24, 2.45) is 11.3 Å². The normalized spacial score (nSPS) is 22.2. The summed E-state index contributed by atoms with van der Waals surface area (Å²) in [4.78, 5) is 7.03. The van der Waals surface area contributed by atoms with E-state index in [1.54, 1.807) is 0 Å². The lowest BCUT2D eigenvalue weighted by Gasteiger charge is -2.43. The number of aryl methyl sites for hydroxylation is 1. The van der Waals surface area contributed by atoms with Gasteiger partial charge in [-0.15, -0.1) is 0 Å². The third kappa shape index (κ3) is 3.20. The molecule has 2 aromatic rings. The molecule has 0 amide bonds. The number of aromatic nitrogens is 3. The number of anilines is 1. The topological polar surface area (TPSA) is 53.7 Å². The number of rotatable bonds is 5. The van der Waals surface area contributed by atoms with Crippen molar-refractivity contribution in [3.63, 3.8) is 0 Å². The molecule has 0 radical (unpaired) electrons. The van der Waals surface area contributed by atoms with E-state index in [1.165, 1.54) is 0 Å². The fourth-order valence-corrected chi connectivity index (χ4v) is 3.98. The van der Waals surface area contributed by atoms with Crippen molar-refractivity contribution >= 4 is 11.5 Å². The van der Waals surface area contributed by atoms with Crippen LogP contribution in [-0.4, -0.2) is 39.4 Å². The van der Waals surface area contributed by atoms with Crippen LogP contribution >= 0.6 is 0 Å². The van der Waals surface area contributed by atoms with Crippen LogP contribution in [0.1, 0.15) is 45.7 Å². The second-order valence-corrected chi connectivity index (χ2v) is 7.34. The smallest absolute Gasteiger partial charge is 0.157 e. The summed E-state index contributed by atoms with van der Waals surface area (Å²) in [6.45, 7) is 8.78. The molecule has 1 N–H and O–H groups in total. The number of piperidine rings is 1. The molecule has 2 aromatic heterocycles. The zero-order valence-electron chi connectivity index (χ0n) is 14.5. The maximum absolute atomic E-state index is 10.1. The Labute approximate surface area is 138 Å². The molecule has 0 unspecified atom stereocenters. The molecule has 0 bridgehead atoms. The molecule has 0 spiro atoms. The lowest BCUT2D eigenvalue weighted by Crippen LogP contribution is -2.46. The fraction of sp³-hybridized carbons (Fsp3) is 0.667. The van der Waals surface area contributed by atoms with Gasteiger partial charge < -0.3 is 10.0 Å². The maximum Gasteiger partial charge on any atom is 0.157 e. The summed E-state index contributed by atoms with van der Waals surface area (Å²) in [7, 11) is 0. The Kier molecular flexibility index (Phi) is 4.57. The van der Waals surface area contributed by atoms with Crippen LogP contribution in [-0.2, 0) is 6.42 Å². The zero-order valence-corrected chi connectivity index (χ0v) is 14.5. The lowest BCUT2D eigenvalue weighted by molar-refractivity contribution is 0.0829. The molecule has 3 rings (SSSR count). The minimum Gasteiger partial charge on any atom is -0.396 e. The third-order valence-corrected chi connectivity index (χ3v) is 4.92. The summed E-state index contributed by atoms with van der Waals surface area (Å²) < 4.78 is 1.93. The molecule has 126 valence electrons. The number of hydrogen-bond donors (Lipinski definition) is 1. The average molecular weight is 316 g/mol. The zero-order chi connectivity index (χ0) is 16.4. The summed E-state index contributed by atoms with van der Waals surface area (Å²) >= 11 is 0.